The van der Waals surface area contributed by atoms with Gasteiger partial charge < -0.3 is 14.2 Å². The first-order valence-corrected chi connectivity index (χ1v) is 11.4. The Bertz CT molecular complexity index is 886. The minimum atomic E-state index is -0.0920. The first-order valence-electron chi connectivity index (χ1n) is 10.6. The molecule has 1 fully saturated rings. The highest BCUT2D eigenvalue weighted by Gasteiger charge is 2.24. The summed E-state index contributed by atoms with van der Waals surface area (Å²) < 4.78 is 6.90. The van der Waals surface area contributed by atoms with Gasteiger partial charge in [0, 0.05) is 39.8 Å². The van der Waals surface area contributed by atoms with Crippen molar-refractivity contribution in [3.05, 3.63) is 27.1 Å². The van der Waals surface area contributed by atoms with E-state index in [1.54, 1.807) is 7.05 Å². The lowest BCUT2D eigenvalue weighted by Gasteiger charge is -2.30. The first kappa shape index (κ1) is 21.9. The molecule has 7 nitrogen and oxygen atoms in total. The number of aryl methyl sites for hydroxylation is 2. The average molecular weight is 421 g/mol. The minimum absolute atomic E-state index is 0.0253. The summed E-state index contributed by atoms with van der Waals surface area (Å²) in [6.45, 7) is 9.71. The number of rotatable bonds is 9. The molecule has 3 heterocycles. The van der Waals surface area contributed by atoms with Crippen molar-refractivity contribution in [3.8, 4) is 0 Å². The van der Waals surface area contributed by atoms with Crippen LogP contribution in [-0.4, -0.2) is 71.2 Å². The molecule has 1 saturated heterocycles. The average Bonchev–Trinajstić information content (AvgIpc) is 3.07. The van der Waals surface area contributed by atoms with Gasteiger partial charge in [-0.2, -0.15) is 0 Å². The van der Waals surface area contributed by atoms with Crippen molar-refractivity contribution < 1.29 is 9.53 Å². The smallest absolute Gasteiger partial charge is 0.264 e. The number of hydrogen-bond acceptors (Lipinski definition) is 6. The molecule has 1 aliphatic rings. The molecule has 0 saturated carbocycles. The van der Waals surface area contributed by atoms with Gasteiger partial charge in [-0.25, -0.2) is 4.98 Å². The van der Waals surface area contributed by atoms with Gasteiger partial charge in [0.25, 0.3) is 11.5 Å². The van der Waals surface area contributed by atoms with Crippen molar-refractivity contribution in [1.82, 2.24) is 19.4 Å². The van der Waals surface area contributed by atoms with Gasteiger partial charge >= 0.3 is 0 Å². The standard InChI is InChI=1S/C21H32N4O3S/c1-4-5-6-7-8-25(10-9-24-11-13-28-14-12-24)21(27)18-16(2)17-19(29-18)22-15-23(3)20(17)26/h15H,4-14H2,1-3H3. The van der Waals surface area contributed by atoms with E-state index in [0.717, 1.165) is 57.8 Å². The number of unbranched alkanes of at least 4 members (excludes halogenated alkanes) is 3. The lowest BCUT2D eigenvalue weighted by atomic mass is 10.1. The monoisotopic (exact) mass is 420 g/mol. The molecule has 1 aliphatic heterocycles. The molecule has 2 aromatic rings. The van der Waals surface area contributed by atoms with Crippen LogP contribution in [-0.2, 0) is 11.8 Å². The van der Waals surface area contributed by atoms with Crippen LogP contribution < -0.4 is 5.56 Å². The third kappa shape index (κ3) is 5.24. The van der Waals surface area contributed by atoms with Crippen molar-refractivity contribution in [2.45, 2.75) is 39.5 Å². The third-order valence-corrected chi connectivity index (χ3v) is 6.75. The van der Waals surface area contributed by atoms with Crippen LogP contribution >= 0.6 is 11.3 Å². The van der Waals surface area contributed by atoms with Crippen molar-refractivity contribution in [2.75, 3.05) is 45.9 Å². The van der Waals surface area contributed by atoms with E-state index >= 15 is 0 Å². The maximum Gasteiger partial charge on any atom is 0.264 e. The SMILES string of the molecule is CCCCCCN(CCN1CCOCC1)C(=O)c1sc2ncn(C)c(=O)c2c1C. The predicted molar refractivity (Wildman–Crippen MR) is 117 cm³/mol. The molecule has 3 rings (SSSR count). The number of carbonyl (C=O) groups is 1. The Labute approximate surface area is 176 Å². The number of thiophene rings is 1. The molecule has 0 aromatic carbocycles. The van der Waals surface area contributed by atoms with E-state index in [1.165, 1.54) is 35.1 Å². The molecular weight excluding hydrogens is 388 g/mol. The maximum atomic E-state index is 13.4. The summed E-state index contributed by atoms with van der Waals surface area (Å²) in [5.41, 5.74) is 0.666. The topological polar surface area (TPSA) is 67.7 Å². The fourth-order valence-electron chi connectivity index (χ4n) is 3.69. The van der Waals surface area contributed by atoms with Crippen molar-refractivity contribution in [2.24, 2.45) is 7.05 Å². The predicted octanol–water partition coefficient (Wildman–Crippen LogP) is 2.66. The van der Waals surface area contributed by atoms with Crippen LogP contribution in [0.25, 0.3) is 10.2 Å². The second-order valence-electron chi connectivity index (χ2n) is 7.70. The molecule has 2 aromatic heterocycles. The highest BCUT2D eigenvalue weighted by Crippen LogP contribution is 2.28. The Balaban J connectivity index is 1.78. The molecule has 160 valence electrons. The number of nitrogens with zero attached hydrogens (tertiary/aromatic N) is 4. The van der Waals surface area contributed by atoms with E-state index in [0.29, 0.717) is 21.6 Å². The fraction of sp³-hybridized carbons (Fsp3) is 0.667. The van der Waals surface area contributed by atoms with Gasteiger partial charge in [-0.05, 0) is 18.9 Å². The number of carbonyl (C=O) groups excluding carboxylic acids is 1. The van der Waals surface area contributed by atoms with Crippen LogP contribution in [0.2, 0.25) is 0 Å². The molecule has 0 radical (unpaired) electrons. The molecule has 8 heteroatoms. The summed E-state index contributed by atoms with van der Waals surface area (Å²) in [7, 11) is 1.69. The third-order valence-electron chi connectivity index (χ3n) is 5.56. The first-order chi connectivity index (χ1) is 14.0. The van der Waals surface area contributed by atoms with Gasteiger partial charge in [0.05, 0.1) is 29.8 Å². The molecule has 0 atom stereocenters. The second kappa shape index (κ2) is 10.3. The second-order valence-corrected chi connectivity index (χ2v) is 8.70. The number of ether oxygens (including phenoxy) is 1. The number of amides is 1. The fourth-order valence-corrected chi connectivity index (χ4v) is 4.79. The van der Waals surface area contributed by atoms with Crippen LogP contribution in [0, 0.1) is 6.92 Å². The Morgan fingerprint density at radius 3 is 2.72 bits per heavy atom. The van der Waals surface area contributed by atoms with E-state index < -0.39 is 0 Å². The number of morpholine rings is 1. The van der Waals surface area contributed by atoms with Crippen LogP contribution in [0.3, 0.4) is 0 Å². The number of hydrogen-bond donors (Lipinski definition) is 0. The molecule has 0 aliphatic carbocycles. The Morgan fingerprint density at radius 2 is 2.00 bits per heavy atom. The van der Waals surface area contributed by atoms with Gasteiger partial charge in [0.2, 0.25) is 0 Å². The Hall–Kier alpha value is -1.77. The zero-order valence-electron chi connectivity index (χ0n) is 17.8. The van der Waals surface area contributed by atoms with Crippen LogP contribution in [0.5, 0.6) is 0 Å². The summed E-state index contributed by atoms with van der Waals surface area (Å²) in [5, 5.41) is 0.572. The van der Waals surface area contributed by atoms with Crippen molar-refractivity contribution in [3.63, 3.8) is 0 Å². The van der Waals surface area contributed by atoms with E-state index in [2.05, 4.69) is 16.8 Å². The van der Waals surface area contributed by atoms with Crippen LogP contribution in [0.1, 0.15) is 47.8 Å². The zero-order chi connectivity index (χ0) is 20.8. The lowest BCUT2D eigenvalue weighted by Crippen LogP contribution is -2.43. The van der Waals surface area contributed by atoms with Gasteiger partial charge in [-0.3, -0.25) is 14.5 Å². The molecule has 0 N–H and O–H groups in total. The van der Waals surface area contributed by atoms with Gasteiger partial charge in [0.1, 0.15) is 4.83 Å². The summed E-state index contributed by atoms with van der Waals surface area (Å²) >= 11 is 1.34. The lowest BCUT2D eigenvalue weighted by molar-refractivity contribution is 0.0324. The van der Waals surface area contributed by atoms with E-state index in [-0.39, 0.29) is 11.5 Å². The number of aromatic nitrogens is 2. The highest BCUT2D eigenvalue weighted by molar-refractivity contribution is 7.20. The number of fused-ring (bicyclic) bond motifs is 1. The Morgan fingerprint density at radius 1 is 1.24 bits per heavy atom. The van der Waals surface area contributed by atoms with E-state index in [1.807, 2.05) is 11.8 Å². The summed E-state index contributed by atoms with van der Waals surface area (Å²) in [5.74, 6) is 0.0253. The highest BCUT2D eigenvalue weighted by atomic mass is 32.1. The van der Waals surface area contributed by atoms with E-state index in [4.69, 9.17) is 4.74 Å². The molecule has 29 heavy (non-hydrogen) atoms. The zero-order valence-corrected chi connectivity index (χ0v) is 18.6. The van der Waals surface area contributed by atoms with Crippen LogP contribution in [0.4, 0.5) is 0 Å². The van der Waals surface area contributed by atoms with Gasteiger partial charge in [-0.15, -0.1) is 11.3 Å². The van der Waals surface area contributed by atoms with Crippen molar-refractivity contribution >= 4 is 27.5 Å². The van der Waals surface area contributed by atoms with Gasteiger partial charge in [-0.1, -0.05) is 26.2 Å². The molecular formula is C21H32N4O3S. The normalized spacial score (nSPS) is 15.1. The quantitative estimate of drug-likeness (QED) is 0.584. The van der Waals surface area contributed by atoms with E-state index in [9.17, 15) is 9.59 Å². The van der Waals surface area contributed by atoms with Crippen molar-refractivity contribution in [1.29, 1.82) is 0 Å². The largest absolute Gasteiger partial charge is 0.379 e. The summed E-state index contributed by atoms with van der Waals surface area (Å²) in [6, 6.07) is 0. The summed E-state index contributed by atoms with van der Waals surface area (Å²) in [6.07, 6.45) is 6.02. The molecule has 0 spiro atoms. The van der Waals surface area contributed by atoms with Crippen LogP contribution in [0.15, 0.2) is 11.1 Å². The molecule has 0 bridgehead atoms. The summed E-state index contributed by atoms with van der Waals surface area (Å²) in [4.78, 5) is 35.9. The minimum Gasteiger partial charge on any atom is -0.379 e. The molecule has 0 unspecified atom stereocenters. The van der Waals surface area contributed by atoms with Gasteiger partial charge in [0.15, 0.2) is 0 Å². The Kier molecular flexibility index (Phi) is 7.80. The maximum absolute atomic E-state index is 13.4. The molecule has 1 amide bonds.